The van der Waals surface area contributed by atoms with Crippen LogP contribution in [0.2, 0.25) is 0 Å². The Morgan fingerprint density at radius 1 is 1.00 bits per heavy atom. The van der Waals surface area contributed by atoms with Gasteiger partial charge in [-0.05, 0) is 32.3 Å². The zero-order chi connectivity index (χ0) is 36.1. The first kappa shape index (κ1) is 39.4. The highest BCUT2D eigenvalue weighted by molar-refractivity contribution is 5.81. The number of esters is 2. The van der Waals surface area contributed by atoms with Gasteiger partial charge in [0.05, 0.1) is 55.9 Å². The number of nitriles is 2. The van der Waals surface area contributed by atoms with E-state index < -0.39 is 34.2 Å². The van der Waals surface area contributed by atoms with Gasteiger partial charge in [-0.2, -0.15) is 10.5 Å². The summed E-state index contributed by atoms with van der Waals surface area (Å²) >= 11 is 0. The summed E-state index contributed by atoms with van der Waals surface area (Å²) < 4.78 is 19.0. The lowest BCUT2D eigenvalue weighted by Crippen LogP contribution is -2.49. The van der Waals surface area contributed by atoms with Crippen LogP contribution in [-0.2, 0) is 51.0 Å². The Bertz CT molecular complexity index is 1720. The van der Waals surface area contributed by atoms with Gasteiger partial charge in [-0.25, -0.2) is 9.78 Å². The minimum absolute atomic E-state index is 0.00676. The molecule has 1 aromatic carbocycles. The summed E-state index contributed by atoms with van der Waals surface area (Å²) in [6.45, 7) is 10.2. The number of ether oxygens (including phenoxy) is 3. The van der Waals surface area contributed by atoms with Crippen molar-refractivity contribution in [1.82, 2.24) is 18.7 Å². The average molecular weight is 667 g/mol. The number of carbonyl (C=O) groups excluding carboxylic acids is 2. The molecule has 0 spiro atoms. The third-order valence-electron chi connectivity index (χ3n) is 7.86. The summed E-state index contributed by atoms with van der Waals surface area (Å²) in [7, 11) is 3.22. The summed E-state index contributed by atoms with van der Waals surface area (Å²) in [5.41, 5.74) is -1.05. The number of rotatable bonds is 8. The summed E-state index contributed by atoms with van der Waals surface area (Å²) in [5, 5.41) is 27.9. The van der Waals surface area contributed by atoms with Gasteiger partial charge in [-0.3, -0.25) is 23.5 Å². The van der Waals surface area contributed by atoms with Gasteiger partial charge in [0.2, 0.25) is 0 Å². The van der Waals surface area contributed by atoms with E-state index in [4.69, 9.17) is 14.7 Å². The van der Waals surface area contributed by atoms with E-state index in [1.807, 2.05) is 44.2 Å². The molecular formula is C34H46N6O8. The topological polar surface area (TPSA) is 191 Å². The van der Waals surface area contributed by atoms with Crippen molar-refractivity contribution < 1.29 is 28.9 Å². The number of aliphatic hydroxyl groups is 1. The molecule has 0 saturated heterocycles. The van der Waals surface area contributed by atoms with Crippen molar-refractivity contribution in [1.29, 1.82) is 10.5 Å². The van der Waals surface area contributed by atoms with Crippen molar-refractivity contribution in [2.45, 2.75) is 85.7 Å². The second-order valence-corrected chi connectivity index (χ2v) is 11.4. The second kappa shape index (κ2) is 17.9. The fourth-order valence-corrected chi connectivity index (χ4v) is 5.34. The summed E-state index contributed by atoms with van der Waals surface area (Å²) in [6, 6.07) is 14.0. The van der Waals surface area contributed by atoms with E-state index in [2.05, 4.69) is 21.9 Å². The highest BCUT2D eigenvalue weighted by atomic mass is 16.5. The molecule has 0 amide bonds. The molecule has 0 bridgehead atoms. The average Bonchev–Trinajstić information content (AvgIpc) is 3.44. The molecule has 2 aromatic heterocycles. The molecule has 2 heterocycles. The first-order valence-corrected chi connectivity index (χ1v) is 15.9. The summed E-state index contributed by atoms with van der Waals surface area (Å²) in [5.74, 6) is -0.630. The first-order valence-electron chi connectivity index (χ1n) is 15.9. The number of aliphatic hydroxyl groups excluding tert-OH is 1. The highest BCUT2D eigenvalue weighted by Crippen LogP contribution is 2.44. The van der Waals surface area contributed by atoms with E-state index in [1.165, 1.54) is 17.8 Å². The van der Waals surface area contributed by atoms with Crippen LogP contribution in [0.15, 0.2) is 46.2 Å². The van der Waals surface area contributed by atoms with Gasteiger partial charge < -0.3 is 23.9 Å². The van der Waals surface area contributed by atoms with Crippen LogP contribution in [0.4, 0.5) is 0 Å². The van der Waals surface area contributed by atoms with Crippen LogP contribution < -0.4 is 11.2 Å². The molecule has 48 heavy (non-hydrogen) atoms. The van der Waals surface area contributed by atoms with E-state index in [1.54, 1.807) is 32.5 Å². The van der Waals surface area contributed by atoms with Gasteiger partial charge in [-0.1, -0.05) is 44.2 Å². The van der Waals surface area contributed by atoms with Crippen molar-refractivity contribution >= 4 is 23.1 Å². The minimum atomic E-state index is -0.989. The lowest BCUT2D eigenvalue weighted by atomic mass is 9.68. The highest BCUT2D eigenvalue weighted by Gasteiger charge is 2.53. The Morgan fingerprint density at radius 3 is 2.08 bits per heavy atom. The summed E-state index contributed by atoms with van der Waals surface area (Å²) in [6.07, 6.45) is 2.31. The van der Waals surface area contributed by atoms with Crippen molar-refractivity contribution in [2.75, 3.05) is 13.2 Å². The standard InChI is InChI=1S/C15H17NO3.C13H15N5O3.C4H8O2.C2H6/c1-2-18-14(17)15(11-16)8-13(9-15)19-10-12-6-4-3-5-7-12;1-16-7-15-10-9(16)11(20)18(12(21)17(10)2)6-13(5-14)3-8(19)4-13;1-3-6-4(2)5;1-2/h3-7,13H,2,8-10H2,1H3;7-8,19H,3-4,6H2,1-2H3;3H2,1-2H3;1-2H3. The molecule has 2 fully saturated rings. The number of benzene rings is 1. The SMILES string of the molecule is CC.CCOC(=O)C1(C#N)CC(OCc2ccccc2)C1.CCOC(C)=O.Cn1cnc2c1c(=O)n(CC1(C#N)CC(O)C1)c(=O)n2C. The van der Waals surface area contributed by atoms with E-state index in [0.29, 0.717) is 43.8 Å². The molecular weight excluding hydrogens is 620 g/mol. The van der Waals surface area contributed by atoms with Gasteiger partial charge in [0.1, 0.15) is 0 Å². The quantitative estimate of drug-likeness (QED) is 0.348. The Labute approximate surface area is 280 Å². The molecule has 260 valence electrons. The molecule has 0 unspecified atom stereocenters. The summed E-state index contributed by atoms with van der Waals surface area (Å²) in [4.78, 5) is 50.4. The zero-order valence-corrected chi connectivity index (χ0v) is 28.8. The van der Waals surface area contributed by atoms with Crippen LogP contribution in [-0.4, -0.2) is 61.2 Å². The maximum Gasteiger partial charge on any atom is 0.332 e. The van der Waals surface area contributed by atoms with Gasteiger partial charge in [-0.15, -0.1) is 0 Å². The zero-order valence-electron chi connectivity index (χ0n) is 28.8. The van der Waals surface area contributed by atoms with Crippen LogP contribution in [0.25, 0.3) is 11.2 Å². The van der Waals surface area contributed by atoms with Crippen molar-refractivity contribution in [3.05, 3.63) is 63.1 Å². The maximum atomic E-state index is 12.5. The van der Waals surface area contributed by atoms with E-state index in [-0.39, 0.29) is 31.5 Å². The number of nitrogens with zero attached hydrogens (tertiary/aromatic N) is 6. The second-order valence-electron chi connectivity index (χ2n) is 11.4. The van der Waals surface area contributed by atoms with E-state index in [0.717, 1.165) is 10.1 Å². The molecule has 0 radical (unpaired) electrons. The molecule has 2 aliphatic rings. The number of fused-ring (bicyclic) bond motifs is 1. The molecule has 0 atom stereocenters. The third-order valence-corrected chi connectivity index (χ3v) is 7.86. The van der Waals surface area contributed by atoms with Crippen LogP contribution >= 0.6 is 0 Å². The van der Waals surface area contributed by atoms with E-state index >= 15 is 0 Å². The Morgan fingerprint density at radius 2 is 1.60 bits per heavy atom. The smallest absolute Gasteiger partial charge is 0.332 e. The van der Waals surface area contributed by atoms with Crippen LogP contribution in [0, 0.1) is 33.5 Å². The van der Waals surface area contributed by atoms with Crippen LogP contribution in [0.1, 0.15) is 65.9 Å². The minimum Gasteiger partial charge on any atom is -0.466 e. The molecule has 2 saturated carbocycles. The predicted octanol–water partition coefficient (Wildman–Crippen LogP) is 3.13. The van der Waals surface area contributed by atoms with Gasteiger partial charge in [0, 0.05) is 40.4 Å². The lowest BCUT2D eigenvalue weighted by molar-refractivity contribution is -0.166. The Balaban J connectivity index is 0.000000275. The molecule has 1 N–H and O–H groups in total. The third kappa shape index (κ3) is 9.40. The molecule has 14 heteroatoms. The van der Waals surface area contributed by atoms with Crippen molar-refractivity contribution in [3.8, 4) is 12.1 Å². The number of aryl methyl sites for hydroxylation is 2. The fourth-order valence-electron chi connectivity index (χ4n) is 5.34. The predicted molar refractivity (Wildman–Crippen MR) is 176 cm³/mol. The monoisotopic (exact) mass is 666 g/mol. The number of hydrogen-bond donors (Lipinski definition) is 1. The number of hydrogen-bond acceptors (Lipinski definition) is 11. The van der Waals surface area contributed by atoms with Gasteiger partial charge in [0.25, 0.3) is 5.56 Å². The number of imidazole rings is 1. The fraction of sp³-hybridized carbons (Fsp3) is 0.559. The first-order chi connectivity index (χ1) is 22.9. The Hall–Kier alpha value is -4.79. The van der Waals surface area contributed by atoms with Crippen LogP contribution in [0.5, 0.6) is 0 Å². The molecule has 2 aliphatic carbocycles. The molecule has 14 nitrogen and oxygen atoms in total. The van der Waals surface area contributed by atoms with Gasteiger partial charge in [0.15, 0.2) is 16.6 Å². The van der Waals surface area contributed by atoms with Crippen molar-refractivity contribution in [2.24, 2.45) is 24.9 Å². The Kier molecular flexibility index (Phi) is 14.7. The maximum absolute atomic E-state index is 12.5. The van der Waals surface area contributed by atoms with Crippen molar-refractivity contribution in [3.63, 3.8) is 0 Å². The molecule has 0 aliphatic heterocycles. The molecule has 5 rings (SSSR count). The number of aromatic nitrogens is 4. The van der Waals surface area contributed by atoms with Crippen LogP contribution in [0.3, 0.4) is 0 Å². The lowest BCUT2D eigenvalue weighted by Gasteiger charge is -2.39. The number of carbonyl (C=O) groups is 2. The largest absolute Gasteiger partial charge is 0.466 e. The molecule has 3 aromatic rings. The normalized spacial score (nSPS) is 21.9. The van der Waals surface area contributed by atoms with Gasteiger partial charge >= 0.3 is 17.6 Å². The van der Waals surface area contributed by atoms with E-state index in [9.17, 15) is 29.5 Å².